The first-order valence-electron chi connectivity index (χ1n) is 6.96. The zero-order valence-corrected chi connectivity index (χ0v) is 11.9. The van der Waals surface area contributed by atoms with E-state index in [9.17, 15) is 0 Å². The predicted octanol–water partition coefficient (Wildman–Crippen LogP) is 3.76. The summed E-state index contributed by atoms with van der Waals surface area (Å²) in [5.41, 5.74) is 0. The molecule has 1 heterocycles. The van der Waals surface area contributed by atoms with Crippen LogP contribution in [0.2, 0.25) is 0 Å². The molecule has 1 aliphatic rings. The van der Waals surface area contributed by atoms with Crippen molar-refractivity contribution >= 4 is 11.3 Å². The fourth-order valence-corrected chi connectivity index (χ4v) is 3.47. The second-order valence-corrected chi connectivity index (χ2v) is 6.34. The first kappa shape index (κ1) is 13.0. The first-order valence-corrected chi connectivity index (χ1v) is 7.78. The van der Waals surface area contributed by atoms with Crippen LogP contribution in [0.1, 0.15) is 55.8 Å². The monoisotopic (exact) mass is 252 g/mol. The van der Waals surface area contributed by atoms with E-state index in [1.807, 2.05) is 17.5 Å². The van der Waals surface area contributed by atoms with Crippen molar-refractivity contribution in [3.63, 3.8) is 0 Å². The molecule has 0 unspecified atom stereocenters. The van der Waals surface area contributed by atoms with Crippen molar-refractivity contribution in [1.29, 1.82) is 0 Å². The van der Waals surface area contributed by atoms with Crippen molar-refractivity contribution in [2.24, 2.45) is 5.92 Å². The minimum atomic E-state index is 0.655. The van der Waals surface area contributed by atoms with Crippen LogP contribution in [-0.2, 0) is 13.0 Å². The largest absolute Gasteiger partial charge is 0.309 e. The molecule has 0 amide bonds. The standard InChI is InChI=1S/C14H24N2S/c1-3-14-16-10-13(17-14)9-15-11(2)12-7-5-4-6-8-12/h10-12,15H,3-9H2,1-2H3/t11-/m1/s1. The van der Waals surface area contributed by atoms with Gasteiger partial charge >= 0.3 is 0 Å². The molecular weight excluding hydrogens is 228 g/mol. The second kappa shape index (κ2) is 6.50. The second-order valence-electron chi connectivity index (χ2n) is 5.14. The van der Waals surface area contributed by atoms with Gasteiger partial charge in [0.1, 0.15) is 0 Å². The Hall–Kier alpha value is -0.410. The minimum absolute atomic E-state index is 0.655. The molecule has 1 aromatic heterocycles. The molecule has 3 heteroatoms. The van der Waals surface area contributed by atoms with Gasteiger partial charge in [0, 0.05) is 23.7 Å². The van der Waals surface area contributed by atoms with Crippen molar-refractivity contribution in [3.05, 3.63) is 16.1 Å². The van der Waals surface area contributed by atoms with E-state index in [-0.39, 0.29) is 0 Å². The molecule has 96 valence electrons. The lowest BCUT2D eigenvalue weighted by molar-refractivity contribution is 0.281. The highest BCUT2D eigenvalue weighted by atomic mass is 32.1. The van der Waals surface area contributed by atoms with E-state index in [0.29, 0.717) is 6.04 Å². The molecule has 0 spiro atoms. The summed E-state index contributed by atoms with van der Waals surface area (Å²) in [4.78, 5) is 5.78. The van der Waals surface area contributed by atoms with Crippen LogP contribution < -0.4 is 5.32 Å². The van der Waals surface area contributed by atoms with Crippen LogP contribution in [0.3, 0.4) is 0 Å². The molecule has 1 N–H and O–H groups in total. The molecule has 17 heavy (non-hydrogen) atoms. The number of aromatic nitrogens is 1. The van der Waals surface area contributed by atoms with Crippen LogP contribution in [0.25, 0.3) is 0 Å². The first-order chi connectivity index (χ1) is 8.29. The highest BCUT2D eigenvalue weighted by molar-refractivity contribution is 7.11. The molecule has 2 rings (SSSR count). The molecule has 0 aliphatic heterocycles. The van der Waals surface area contributed by atoms with Crippen molar-refractivity contribution in [1.82, 2.24) is 10.3 Å². The summed E-state index contributed by atoms with van der Waals surface area (Å²) in [5.74, 6) is 0.891. The average molecular weight is 252 g/mol. The van der Waals surface area contributed by atoms with E-state index >= 15 is 0 Å². The Kier molecular flexibility index (Phi) is 4.99. The van der Waals surface area contributed by atoms with E-state index in [0.717, 1.165) is 18.9 Å². The number of hydrogen-bond acceptors (Lipinski definition) is 3. The summed E-state index contributed by atoms with van der Waals surface area (Å²) in [6, 6.07) is 0.655. The lowest BCUT2D eigenvalue weighted by Gasteiger charge is -2.28. The Bertz CT molecular complexity index is 329. The fourth-order valence-electron chi connectivity index (χ4n) is 2.66. The van der Waals surface area contributed by atoms with Crippen LogP contribution in [-0.4, -0.2) is 11.0 Å². The van der Waals surface area contributed by atoms with Crippen molar-refractivity contribution in [3.8, 4) is 0 Å². The quantitative estimate of drug-likeness (QED) is 0.863. The molecule has 1 saturated carbocycles. The van der Waals surface area contributed by atoms with E-state index < -0.39 is 0 Å². The van der Waals surface area contributed by atoms with Crippen molar-refractivity contribution in [2.45, 2.75) is 65.0 Å². The molecule has 1 atom stereocenters. The highest BCUT2D eigenvalue weighted by Crippen LogP contribution is 2.26. The third-order valence-corrected chi connectivity index (χ3v) is 5.00. The van der Waals surface area contributed by atoms with Gasteiger partial charge in [-0.05, 0) is 32.1 Å². The van der Waals surface area contributed by atoms with Gasteiger partial charge in [-0.15, -0.1) is 11.3 Å². The van der Waals surface area contributed by atoms with Crippen LogP contribution in [0, 0.1) is 5.92 Å². The Labute approximate surface area is 109 Å². The van der Waals surface area contributed by atoms with Gasteiger partial charge in [0.2, 0.25) is 0 Å². The van der Waals surface area contributed by atoms with Crippen LogP contribution >= 0.6 is 11.3 Å². The Balaban J connectivity index is 1.76. The molecule has 2 nitrogen and oxygen atoms in total. The number of aryl methyl sites for hydroxylation is 1. The number of rotatable bonds is 5. The van der Waals surface area contributed by atoms with Crippen LogP contribution in [0.4, 0.5) is 0 Å². The van der Waals surface area contributed by atoms with Crippen LogP contribution in [0.15, 0.2) is 6.20 Å². The topological polar surface area (TPSA) is 24.9 Å². The molecule has 1 fully saturated rings. The van der Waals surface area contributed by atoms with Gasteiger partial charge in [-0.3, -0.25) is 0 Å². The normalized spacial score (nSPS) is 19.4. The third-order valence-electron chi connectivity index (χ3n) is 3.86. The molecular formula is C14H24N2S. The minimum Gasteiger partial charge on any atom is -0.309 e. The van der Waals surface area contributed by atoms with Crippen molar-refractivity contribution < 1.29 is 0 Å². The third kappa shape index (κ3) is 3.78. The summed E-state index contributed by atoms with van der Waals surface area (Å²) in [6.07, 6.45) is 10.2. The summed E-state index contributed by atoms with van der Waals surface area (Å²) >= 11 is 1.85. The summed E-state index contributed by atoms with van der Waals surface area (Å²) in [7, 11) is 0. The Morgan fingerprint density at radius 1 is 1.41 bits per heavy atom. The maximum Gasteiger partial charge on any atom is 0.0925 e. The van der Waals surface area contributed by atoms with Gasteiger partial charge in [-0.1, -0.05) is 26.2 Å². The van der Waals surface area contributed by atoms with Gasteiger partial charge in [-0.25, -0.2) is 4.98 Å². The maximum atomic E-state index is 4.40. The number of nitrogens with one attached hydrogen (secondary N) is 1. The predicted molar refractivity (Wildman–Crippen MR) is 74.4 cm³/mol. The molecule has 0 bridgehead atoms. The number of hydrogen-bond donors (Lipinski definition) is 1. The number of thiazole rings is 1. The molecule has 0 radical (unpaired) electrons. The van der Waals surface area contributed by atoms with Crippen molar-refractivity contribution in [2.75, 3.05) is 0 Å². The SMILES string of the molecule is CCc1ncc(CN[C@H](C)C2CCCCC2)s1. The van der Waals surface area contributed by atoms with E-state index in [4.69, 9.17) is 0 Å². The zero-order valence-electron chi connectivity index (χ0n) is 11.0. The number of nitrogens with zero attached hydrogens (tertiary/aromatic N) is 1. The summed E-state index contributed by atoms with van der Waals surface area (Å²) in [6.45, 7) is 5.51. The van der Waals surface area contributed by atoms with Gasteiger partial charge < -0.3 is 5.32 Å². The maximum absolute atomic E-state index is 4.40. The van der Waals surface area contributed by atoms with E-state index in [2.05, 4.69) is 24.1 Å². The van der Waals surface area contributed by atoms with Crippen LogP contribution in [0.5, 0.6) is 0 Å². The Morgan fingerprint density at radius 3 is 2.82 bits per heavy atom. The van der Waals surface area contributed by atoms with Gasteiger partial charge in [-0.2, -0.15) is 0 Å². The Morgan fingerprint density at radius 2 is 2.18 bits per heavy atom. The van der Waals surface area contributed by atoms with E-state index in [1.165, 1.54) is 42.0 Å². The molecule has 0 saturated heterocycles. The molecule has 1 aromatic rings. The molecule has 1 aliphatic carbocycles. The summed E-state index contributed by atoms with van der Waals surface area (Å²) in [5, 5.41) is 4.93. The van der Waals surface area contributed by atoms with Gasteiger partial charge in [0.15, 0.2) is 0 Å². The molecule has 0 aromatic carbocycles. The van der Waals surface area contributed by atoms with Gasteiger partial charge in [0.25, 0.3) is 0 Å². The van der Waals surface area contributed by atoms with Gasteiger partial charge in [0.05, 0.1) is 5.01 Å². The summed E-state index contributed by atoms with van der Waals surface area (Å²) < 4.78 is 0. The van der Waals surface area contributed by atoms with E-state index in [1.54, 1.807) is 0 Å². The smallest absolute Gasteiger partial charge is 0.0925 e. The average Bonchev–Trinajstić information content (AvgIpc) is 2.85. The fraction of sp³-hybridized carbons (Fsp3) is 0.786. The highest BCUT2D eigenvalue weighted by Gasteiger charge is 2.19. The lowest BCUT2D eigenvalue weighted by atomic mass is 9.84. The lowest BCUT2D eigenvalue weighted by Crippen LogP contribution is -2.34. The zero-order chi connectivity index (χ0) is 12.1.